The third kappa shape index (κ3) is 3.94. The van der Waals surface area contributed by atoms with E-state index in [9.17, 15) is 4.79 Å². The van der Waals surface area contributed by atoms with E-state index in [0.717, 1.165) is 5.56 Å². The Bertz CT molecular complexity index is 244. The van der Waals surface area contributed by atoms with Crippen LogP contribution in [0.2, 0.25) is 0 Å². The van der Waals surface area contributed by atoms with Gasteiger partial charge in [0, 0.05) is 16.5 Å². The van der Waals surface area contributed by atoms with Gasteiger partial charge in [-0.2, -0.15) is 0 Å². The standard InChI is InChI=1S/C9H7O2.Ni/c10-8-11-7-6-9-4-2-1-3-5-9;/h1-7H;/q-1;. The van der Waals surface area contributed by atoms with Gasteiger partial charge in [-0.3, -0.25) is 0 Å². The van der Waals surface area contributed by atoms with Gasteiger partial charge in [0.25, 0.3) is 0 Å². The Morgan fingerprint density at radius 3 is 2.50 bits per heavy atom. The van der Waals surface area contributed by atoms with Gasteiger partial charge in [0.2, 0.25) is 0 Å². The zero-order valence-corrected chi connectivity index (χ0v) is 7.16. The molecule has 0 aliphatic carbocycles. The second-order valence-corrected chi connectivity index (χ2v) is 1.91. The summed E-state index contributed by atoms with van der Waals surface area (Å²) in [6.45, 7) is 1.30. The SMILES string of the molecule is O=[C-]OC=Cc1ccccc1.[Ni]. The molecular formula is C9H7NiO2-. The number of rotatable bonds is 3. The van der Waals surface area contributed by atoms with E-state index in [-0.39, 0.29) is 16.5 Å². The first kappa shape index (κ1) is 10.9. The van der Waals surface area contributed by atoms with Gasteiger partial charge in [-0.1, -0.05) is 36.6 Å². The molecule has 0 N–H and O–H groups in total. The fourth-order valence-corrected chi connectivity index (χ4v) is 0.705. The first-order valence-corrected chi connectivity index (χ1v) is 3.18. The van der Waals surface area contributed by atoms with E-state index in [2.05, 4.69) is 4.74 Å². The Balaban J connectivity index is 0.00000121. The molecule has 0 aromatic heterocycles. The largest absolute Gasteiger partial charge is 0.616 e. The second kappa shape index (κ2) is 6.62. The summed E-state index contributed by atoms with van der Waals surface area (Å²) in [4.78, 5) is 9.60. The van der Waals surface area contributed by atoms with E-state index in [1.165, 1.54) is 12.7 Å². The zero-order chi connectivity index (χ0) is 7.94. The van der Waals surface area contributed by atoms with Crippen molar-refractivity contribution in [3.8, 4) is 0 Å². The first-order valence-electron chi connectivity index (χ1n) is 3.18. The minimum atomic E-state index is 0. The fourth-order valence-electron chi connectivity index (χ4n) is 0.705. The third-order valence-corrected chi connectivity index (χ3v) is 1.18. The number of hydrogen-bond donors (Lipinski definition) is 0. The number of ether oxygens (including phenoxy) is 1. The molecule has 1 rings (SSSR count). The van der Waals surface area contributed by atoms with E-state index in [4.69, 9.17) is 0 Å². The molecule has 0 amide bonds. The summed E-state index contributed by atoms with van der Waals surface area (Å²) in [5, 5.41) is 0. The van der Waals surface area contributed by atoms with Crippen molar-refractivity contribution in [3.63, 3.8) is 0 Å². The van der Waals surface area contributed by atoms with Gasteiger partial charge in [-0.25, -0.2) is 0 Å². The molecule has 1 aromatic rings. The Morgan fingerprint density at radius 1 is 1.25 bits per heavy atom. The summed E-state index contributed by atoms with van der Waals surface area (Å²) in [5.41, 5.74) is 0.989. The molecule has 66 valence electrons. The Kier molecular flexibility index (Phi) is 6.03. The summed E-state index contributed by atoms with van der Waals surface area (Å²) in [6, 6.07) is 9.55. The van der Waals surface area contributed by atoms with Crippen molar-refractivity contribution in [1.82, 2.24) is 0 Å². The summed E-state index contributed by atoms with van der Waals surface area (Å²) in [7, 11) is 0. The van der Waals surface area contributed by atoms with Crippen molar-refractivity contribution < 1.29 is 26.0 Å². The van der Waals surface area contributed by atoms with Crippen LogP contribution in [0.15, 0.2) is 36.6 Å². The number of benzene rings is 1. The Labute approximate surface area is 81.2 Å². The van der Waals surface area contributed by atoms with Crippen LogP contribution < -0.4 is 0 Å². The van der Waals surface area contributed by atoms with Gasteiger partial charge in [0.15, 0.2) is 6.47 Å². The van der Waals surface area contributed by atoms with E-state index >= 15 is 0 Å². The van der Waals surface area contributed by atoms with E-state index < -0.39 is 0 Å². The number of carbonyl (C=O) groups excluding carboxylic acids is 1. The normalized spacial score (nSPS) is 9.00. The molecule has 12 heavy (non-hydrogen) atoms. The molecule has 0 radical (unpaired) electrons. The maximum Gasteiger partial charge on any atom is 0.169 e. The van der Waals surface area contributed by atoms with Gasteiger partial charge in [0.05, 0.1) is 0 Å². The molecule has 0 unspecified atom stereocenters. The molecule has 0 bridgehead atoms. The van der Waals surface area contributed by atoms with Crippen molar-refractivity contribution in [1.29, 1.82) is 0 Å². The van der Waals surface area contributed by atoms with Crippen LogP contribution in [-0.2, 0) is 26.0 Å². The molecule has 2 nitrogen and oxygen atoms in total. The third-order valence-electron chi connectivity index (χ3n) is 1.18. The smallest absolute Gasteiger partial charge is 0.169 e. The van der Waals surface area contributed by atoms with Crippen LogP contribution >= 0.6 is 0 Å². The molecule has 0 saturated heterocycles. The van der Waals surface area contributed by atoms with Crippen molar-refractivity contribution in [2.75, 3.05) is 0 Å². The monoisotopic (exact) mass is 205 g/mol. The molecule has 0 aliphatic rings. The molecule has 3 heteroatoms. The molecule has 1 aromatic carbocycles. The minimum Gasteiger partial charge on any atom is -0.616 e. The molecule has 0 atom stereocenters. The van der Waals surface area contributed by atoms with Crippen molar-refractivity contribution in [3.05, 3.63) is 42.2 Å². The van der Waals surface area contributed by atoms with Crippen LogP contribution in [0.4, 0.5) is 0 Å². The zero-order valence-electron chi connectivity index (χ0n) is 6.17. The van der Waals surface area contributed by atoms with E-state index in [0.29, 0.717) is 0 Å². The Morgan fingerprint density at radius 2 is 1.92 bits per heavy atom. The Hall–Kier alpha value is -1.08. The van der Waals surface area contributed by atoms with E-state index in [1.54, 1.807) is 6.08 Å². The fraction of sp³-hybridized carbons (Fsp3) is 0. The predicted molar refractivity (Wildman–Crippen MR) is 42.3 cm³/mol. The average Bonchev–Trinajstić information content (AvgIpc) is 2.07. The molecular weight excluding hydrogens is 199 g/mol. The molecule has 0 spiro atoms. The molecule has 0 fully saturated rings. The summed E-state index contributed by atoms with van der Waals surface area (Å²) >= 11 is 0. The van der Waals surface area contributed by atoms with Crippen LogP contribution in [0.25, 0.3) is 6.08 Å². The van der Waals surface area contributed by atoms with Crippen molar-refractivity contribution in [2.45, 2.75) is 0 Å². The van der Waals surface area contributed by atoms with Crippen molar-refractivity contribution >= 4 is 12.5 Å². The van der Waals surface area contributed by atoms with Crippen LogP contribution in [0.5, 0.6) is 0 Å². The van der Waals surface area contributed by atoms with Crippen LogP contribution in [-0.4, -0.2) is 6.47 Å². The second-order valence-electron chi connectivity index (χ2n) is 1.91. The summed E-state index contributed by atoms with van der Waals surface area (Å²) < 4.78 is 4.25. The van der Waals surface area contributed by atoms with Crippen LogP contribution in [0, 0.1) is 0 Å². The summed E-state index contributed by atoms with van der Waals surface area (Å²) in [6.07, 6.45) is 2.98. The van der Waals surface area contributed by atoms with Gasteiger partial charge in [-0.05, 0) is 5.56 Å². The summed E-state index contributed by atoms with van der Waals surface area (Å²) in [5.74, 6) is 0. The maximum absolute atomic E-state index is 9.60. The van der Waals surface area contributed by atoms with Crippen LogP contribution in [0.1, 0.15) is 5.56 Å². The number of hydrogen-bond acceptors (Lipinski definition) is 2. The molecule has 0 heterocycles. The topological polar surface area (TPSA) is 26.3 Å². The minimum absolute atomic E-state index is 0. The predicted octanol–water partition coefficient (Wildman–Crippen LogP) is 1.74. The van der Waals surface area contributed by atoms with Gasteiger partial charge in [-0.15, -0.1) is 6.08 Å². The van der Waals surface area contributed by atoms with Gasteiger partial charge in [0.1, 0.15) is 0 Å². The average molecular weight is 206 g/mol. The van der Waals surface area contributed by atoms with Crippen molar-refractivity contribution in [2.24, 2.45) is 0 Å². The molecule has 0 aliphatic heterocycles. The van der Waals surface area contributed by atoms with Crippen LogP contribution in [0.3, 0.4) is 0 Å². The first-order chi connectivity index (χ1) is 5.43. The quantitative estimate of drug-likeness (QED) is 0.427. The molecule has 0 saturated carbocycles. The van der Waals surface area contributed by atoms with Gasteiger partial charge >= 0.3 is 0 Å². The van der Waals surface area contributed by atoms with Gasteiger partial charge < -0.3 is 9.53 Å². The maximum atomic E-state index is 9.60. The van der Waals surface area contributed by atoms with E-state index in [1.807, 2.05) is 30.3 Å².